The first-order chi connectivity index (χ1) is 18.5. The highest BCUT2D eigenvalue weighted by Crippen LogP contribution is 2.33. The van der Waals surface area contributed by atoms with Gasteiger partial charge in [-0.3, -0.25) is 24.4 Å². The van der Waals surface area contributed by atoms with Gasteiger partial charge < -0.3 is 25.4 Å². The summed E-state index contributed by atoms with van der Waals surface area (Å²) in [6.07, 6.45) is 5.83. The first kappa shape index (κ1) is 39.5. The maximum Gasteiger partial charge on any atom is 0.198 e. The number of rotatable bonds is 9. The van der Waals surface area contributed by atoms with Gasteiger partial charge >= 0.3 is 0 Å². The number of aromatic hydroxyl groups is 2. The van der Waals surface area contributed by atoms with E-state index >= 15 is 0 Å². The van der Waals surface area contributed by atoms with Crippen molar-refractivity contribution in [3.8, 4) is 22.9 Å². The Morgan fingerprint density at radius 1 is 0.854 bits per heavy atom. The third-order valence-corrected chi connectivity index (χ3v) is 5.87. The highest BCUT2D eigenvalue weighted by atomic mass is 35.5. The van der Waals surface area contributed by atoms with Gasteiger partial charge in [-0.1, -0.05) is 35.1 Å². The smallest absolute Gasteiger partial charge is 0.198 e. The fourth-order valence-corrected chi connectivity index (χ4v) is 3.47. The summed E-state index contributed by atoms with van der Waals surface area (Å²) in [5, 5.41) is 37.6. The lowest BCUT2D eigenvalue weighted by atomic mass is 10.1. The van der Waals surface area contributed by atoms with E-state index in [2.05, 4.69) is 26.9 Å². The van der Waals surface area contributed by atoms with Crippen molar-refractivity contribution < 1.29 is 34.8 Å². The molecule has 3 rings (SSSR count). The lowest BCUT2D eigenvalue weighted by molar-refractivity contribution is -0.136. The molecule has 0 aliphatic heterocycles. The van der Waals surface area contributed by atoms with Crippen molar-refractivity contribution in [2.24, 2.45) is 0 Å². The number of aliphatic hydroxyl groups is 2. The molecule has 228 valence electrons. The summed E-state index contributed by atoms with van der Waals surface area (Å²) in [5.41, 5.74) is 4.55. The number of carbonyl (C=O) groups is 3. The predicted molar refractivity (Wildman–Crippen MR) is 159 cm³/mol. The van der Waals surface area contributed by atoms with Crippen LogP contribution >= 0.6 is 12.4 Å². The summed E-state index contributed by atoms with van der Waals surface area (Å²) in [4.78, 5) is 46.8. The zero-order valence-electron chi connectivity index (χ0n) is 23.7. The van der Waals surface area contributed by atoms with Crippen LogP contribution in [0.5, 0.6) is 11.5 Å². The molecule has 0 spiro atoms. The topological polar surface area (TPSA) is 187 Å². The molecular weight excluding hydrogens is 552 g/mol. The lowest BCUT2D eigenvalue weighted by Gasteiger charge is -2.08. The summed E-state index contributed by atoms with van der Waals surface area (Å²) in [6, 6.07) is 0. The Bertz CT molecular complexity index is 1260. The van der Waals surface area contributed by atoms with Gasteiger partial charge in [0.15, 0.2) is 17.9 Å². The molecule has 0 aliphatic rings. The van der Waals surface area contributed by atoms with Crippen LogP contribution in [0.2, 0.25) is 0 Å². The molecule has 0 radical (unpaired) electrons. The number of Topliss-reactive ketones (excluding diaryl/α,β-unsaturated/α-hetero) is 2. The van der Waals surface area contributed by atoms with E-state index in [-0.39, 0.29) is 61.7 Å². The first-order valence-electron chi connectivity index (χ1n) is 12.7. The van der Waals surface area contributed by atoms with Crippen LogP contribution in [0.4, 0.5) is 0 Å². The number of aromatic amines is 1. The number of nitrogens with one attached hydrogen (secondary N) is 1. The number of pyridine rings is 2. The molecule has 3 aromatic heterocycles. The van der Waals surface area contributed by atoms with Crippen molar-refractivity contribution in [3.05, 3.63) is 51.9 Å². The maximum atomic E-state index is 10.5. The van der Waals surface area contributed by atoms with Gasteiger partial charge in [0.2, 0.25) is 0 Å². The van der Waals surface area contributed by atoms with E-state index in [0.29, 0.717) is 53.0 Å². The number of hydrogen-bond donors (Lipinski definition) is 5. The molecule has 0 fully saturated rings. The maximum absolute atomic E-state index is 10.5. The first-order valence-corrected chi connectivity index (χ1v) is 12.7. The van der Waals surface area contributed by atoms with Gasteiger partial charge in [0, 0.05) is 42.1 Å². The SMILES string of the molecule is C.CCC(=O)C(=O)CC.CCc1nc(-c2c(CO)cnc(C)c2O)[nH]c1CC.Cc1ncc(CO)c(C=O)c1O.Cl. The molecule has 0 unspecified atom stereocenters. The number of hydrogen-bond acceptors (Lipinski definition) is 10. The van der Waals surface area contributed by atoms with Crippen LogP contribution in [0.15, 0.2) is 12.4 Å². The van der Waals surface area contributed by atoms with Crippen LogP contribution in [0.1, 0.15) is 92.2 Å². The van der Waals surface area contributed by atoms with Gasteiger partial charge in [0.1, 0.15) is 17.3 Å². The van der Waals surface area contributed by atoms with Crippen molar-refractivity contribution in [1.82, 2.24) is 19.9 Å². The molecule has 0 amide bonds. The van der Waals surface area contributed by atoms with E-state index in [9.17, 15) is 29.7 Å². The van der Waals surface area contributed by atoms with Crippen LogP contribution in [0, 0.1) is 13.8 Å². The number of imidazole rings is 1. The predicted octanol–water partition coefficient (Wildman–Crippen LogP) is 4.51. The van der Waals surface area contributed by atoms with E-state index in [1.54, 1.807) is 33.9 Å². The second-order valence-corrected chi connectivity index (χ2v) is 8.43. The van der Waals surface area contributed by atoms with Gasteiger partial charge in [-0.15, -0.1) is 12.4 Å². The quantitative estimate of drug-likeness (QED) is 0.174. The Kier molecular flexibility index (Phi) is 18.7. The molecule has 12 heteroatoms. The fourth-order valence-electron chi connectivity index (χ4n) is 3.47. The van der Waals surface area contributed by atoms with E-state index in [1.165, 1.54) is 6.20 Å². The summed E-state index contributed by atoms with van der Waals surface area (Å²) in [7, 11) is 0. The van der Waals surface area contributed by atoms with Gasteiger partial charge in [0.25, 0.3) is 0 Å². The second kappa shape index (κ2) is 19.4. The summed E-state index contributed by atoms with van der Waals surface area (Å²) >= 11 is 0. The molecule has 5 N–H and O–H groups in total. The minimum atomic E-state index is -0.297. The van der Waals surface area contributed by atoms with Crippen LogP contribution < -0.4 is 0 Å². The van der Waals surface area contributed by atoms with Gasteiger partial charge in [-0.25, -0.2) is 4.98 Å². The molecular formula is C29H43ClN4O7. The van der Waals surface area contributed by atoms with E-state index in [1.807, 2.05) is 6.92 Å². The Hall–Kier alpha value is -3.67. The Morgan fingerprint density at radius 2 is 1.34 bits per heavy atom. The molecule has 0 bridgehead atoms. The molecule has 0 aromatic carbocycles. The van der Waals surface area contributed by atoms with Gasteiger partial charge in [-0.2, -0.15) is 0 Å². The minimum absolute atomic E-state index is 0. The van der Waals surface area contributed by atoms with E-state index in [4.69, 9.17) is 5.11 Å². The fraction of sp³-hybridized carbons (Fsp3) is 0.448. The molecule has 3 aromatic rings. The van der Waals surface area contributed by atoms with Crippen molar-refractivity contribution in [3.63, 3.8) is 0 Å². The van der Waals surface area contributed by atoms with Crippen molar-refractivity contribution >= 4 is 30.3 Å². The van der Waals surface area contributed by atoms with Gasteiger partial charge in [0.05, 0.1) is 41.4 Å². The third-order valence-electron chi connectivity index (χ3n) is 5.87. The average Bonchev–Trinajstić information content (AvgIpc) is 3.38. The van der Waals surface area contributed by atoms with E-state index < -0.39 is 0 Å². The number of ketones is 2. The van der Waals surface area contributed by atoms with Gasteiger partial charge in [-0.05, 0) is 26.7 Å². The third kappa shape index (κ3) is 10.3. The molecule has 0 aliphatic carbocycles. The Labute approximate surface area is 247 Å². The number of aryl methyl sites for hydroxylation is 4. The van der Waals surface area contributed by atoms with Crippen molar-refractivity contribution in [2.45, 2.75) is 87.9 Å². The number of carbonyl (C=O) groups excluding carboxylic acids is 3. The van der Waals surface area contributed by atoms with Crippen LogP contribution in [-0.2, 0) is 35.6 Å². The Morgan fingerprint density at radius 3 is 1.73 bits per heavy atom. The number of aldehydes is 1. The molecule has 0 saturated heterocycles. The number of aliphatic hydroxyl groups excluding tert-OH is 2. The summed E-state index contributed by atoms with van der Waals surface area (Å²) in [6.45, 7) is 10.3. The monoisotopic (exact) mass is 594 g/mol. The second-order valence-electron chi connectivity index (χ2n) is 8.43. The summed E-state index contributed by atoms with van der Waals surface area (Å²) in [5.74, 6) is 0.00269. The number of aromatic nitrogens is 4. The normalized spacial score (nSPS) is 9.66. The highest BCUT2D eigenvalue weighted by Gasteiger charge is 2.18. The molecule has 0 atom stereocenters. The molecule has 41 heavy (non-hydrogen) atoms. The number of H-pyrrole nitrogens is 1. The molecule has 11 nitrogen and oxygen atoms in total. The number of halogens is 1. The minimum Gasteiger partial charge on any atom is -0.505 e. The van der Waals surface area contributed by atoms with Crippen molar-refractivity contribution in [2.75, 3.05) is 0 Å². The average molecular weight is 595 g/mol. The van der Waals surface area contributed by atoms with Crippen LogP contribution in [0.25, 0.3) is 11.4 Å². The Balaban J connectivity index is 0. The number of nitrogens with zero attached hydrogens (tertiary/aromatic N) is 3. The van der Waals surface area contributed by atoms with E-state index in [0.717, 1.165) is 24.2 Å². The standard InChI is InChI=1S/C14H19N3O2.C8H9NO3.C6H10O2.CH4.ClH/c1-4-10-11(5-2)17-14(16-10)12-9(7-18)6-15-8(3)13(12)19;1-5-8(12)7(4-11)6(3-10)2-9-5;1-3-5(7)6(8)4-2;;/h6,18-19H,4-5,7H2,1-3H3,(H,16,17);2,4,10,12H,3H2,1H3;3-4H2,1-2H3;1H4;1H. The highest BCUT2D eigenvalue weighted by molar-refractivity contribution is 6.36. The van der Waals surface area contributed by atoms with Crippen LogP contribution in [0.3, 0.4) is 0 Å². The molecule has 0 saturated carbocycles. The van der Waals surface area contributed by atoms with Crippen molar-refractivity contribution in [1.29, 1.82) is 0 Å². The summed E-state index contributed by atoms with van der Waals surface area (Å²) < 4.78 is 0. The zero-order valence-corrected chi connectivity index (χ0v) is 24.6. The zero-order chi connectivity index (χ0) is 29.7. The lowest BCUT2D eigenvalue weighted by Crippen LogP contribution is -2.09. The van der Waals surface area contributed by atoms with Crippen LogP contribution in [-0.4, -0.2) is 58.2 Å². The largest absolute Gasteiger partial charge is 0.505 e. The molecule has 3 heterocycles.